The maximum absolute atomic E-state index is 12.4. The lowest BCUT2D eigenvalue weighted by atomic mass is 10.1. The van der Waals surface area contributed by atoms with Gasteiger partial charge in [-0.1, -0.05) is 0 Å². The molecule has 0 aliphatic carbocycles. The van der Waals surface area contributed by atoms with E-state index in [4.69, 9.17) is 5.73 Å². The number of esters is 1. The molecule has 0 saturated heterocycles. The SMILES string of the molecule is COC(=O)c1ccc(C(N)=O)cc1S(=O)(=O)NC(C)(C)C. The first-order valence-corrected chi connectivity index (χ1v) is 7.52. The second-order valence-corrected chi connectivity index (χ2v) is 7.07. The zero-order valence-corrected chi connectivity index (χ0v) is 13.1. The van der Waals surface area contributed by atoms with Crippen LogP contribution in [0, 0.1) is 0 Å². The van der Waals surface area contributed by atoms with Crippen molar-refractivity contribution < 1.29 is 22.7 Å². The molecule has 0 fully saturated rings. The number of ether oxygens (including phenoxy) is 1. The predicted octanol–water partition coefficient (Wildman–Crippen LogP) is 0.649. The molecule has 0 aromatic heterocycles. The van der Waals surface area contributed by atoms with Crippen molar-refractivity contribution in [2.75, 3.05) is 7.11 Å². The fourth-order valence-electron chi connectivity index (χ4n) is 1.63. The number of carbonyl (C=O) groups excluding carboxylic acids is 2. The molecule has 0 spiro atoms. The highest BCUT2D eigenvalue weighted by atomic mass is 32.2. The van der Waals surface area contributed by atoms with Crippen molar-refractivity contribution in [3.63, 3.8) is 0 Å². The van der Waals surface area contributed by atoms with Crippen molar-refractivity contribution in [1.29, 1.82) is 0 Å². The largest absolute Gasteiger partial charge is 0.465 e. The van der Waals surface area contributed by atoms with Crippen LogP contribution in [0.15, 0.2) is 23.1 Å². The zero-order chi connectivity index (χ0) is 16.4. The van der Waals surface area contributed by atoms with Gasteiger partial charge in [-0.2, -0.15) is 0 Å². The lowest BCUT2D eigenvalue weighted by molar-refractivity contribution is 0.0595. The summed E-state index contributed by atoms with van der Waals surface area (Å²) in [6.45, 7) is 4.96. The minimum Gasteiger partial charge on any atom is -0.465 e. The van der Waals surface area contributed by atoms with Gasteiger partial charge in [0.15, 0.2) is 0 Å². The molecule has 0 radical (unpaired) electrons. The van der Waals surface area contributed by atoms with Crippen LogP contribution < -0.4 is 10.5 Å². The van der Waals surface area contributed by atoms with E-state index in [1.807, 2.05) is 0 Å². The van der Waals surface area contributed by atoms with Gasteiger partial charge in [0.05, 0.1) is 17.6 Å². The monoisotopic (exact) mass is 314 g/mol. The van der Waals surface area contributed by atoms with Crippen LogP contribution in [-0.4, -0.2) is 32.9 Å². The van der Waals surface area contributed by atoms with Crippen LogP contribution in [0.4, 0.5) is 0 Å². The summed E-state index contributed by atoms with van der Waals surface area (Å²) in [5.41, 5.74) is 4.20. The Morgan fingerprint density at radius 2 is 1.81 bits per heavy atom. The van der Waals surface area contributed by atoms with E-state index < -0.39 is 27.4 Å². The number of sulfonamides is 1. The highest BCUT2D eigenvalue weighted by molar-refractivity contribution is 7.89. The Morgan fingerprint density at radius 3 is 2.24 bits per heavy atom. The molecule has 1 amide bonds. The molecule has 0 aliphatic rings. The number of primary amides is 1. The van der Waals surface area contributed by atoms with Crippen molar-refractivity contribution in [2.24, 2.45) is 5.73 Å². The fraction of sp³-hybridized carbons (Fsp3) is 0.385. The third kappa shape index (κ3) is 4.27. The van der Waals surface area contributed by atoms with Crippen molar-refractivity contribution >= 4 is 21.9 Å². The molecule has 3 N–H and O–H groups in total. The average Bonchev–Trinajstić information content (AvgIpc) is 2.34. The standard InChI is InChI=1S/C13H18N2O5S/c1-13(2,3)15-21(18,19)10-7-8(11(14)16)5-6-9(10)12(17)20-4/h5-7,15H,1-4H3,(H2,14,16). The van der Waals surface area contributed by atoms with Gasteiger partial charge in [-0.25, -0.2) is 17.9 Å². The number of amides is 1. The van der Waals surface area contributed by atoms with Gasteiger partial charge in [-0.3, -0.25) is 4.79 Å². The van der Waals surface area contributed by atoms with Crippen LogP contribution >= 0.6 is 0 Å². The Bertz CT molecular complexity index is 674. The summed E-state index contributed by atoms with van der Waals surface area (Å²) >= 11 is 0. The molecule has 0 aliphatic heterocycles. The van der Waals surface area contributed by atoms with E-state index in [0.29, 0.717) is 0 Å². The summed E-state index contributed by atoms with van der Waals surface area (Å²) in [6.07, 6.45) is 0. The summed E-state index contributed by atoms with van der Waals surface area (Å²) in [5, 5.41) is 0. The zero-order valence-electron chi connectivity index (χ0n) is 12.3. The summed E-state index contributed by atoms with van der Waals surface area (Å²) in [6, 6.07) is 3.52. The Kier molecular flexibility index (Phi) is 4.75. The van der Waals surface area contributed by atoms with Crippen LogP contribution in [0.1, 0.15) is 41.5 Å². The molecule has 1 aromatic rings. The topological polar surface area (TPSA) is 116 Å². The first-order valence-electron chi connectivity index (χ1n) is 6.04. The van der Waals surface area contributed by atoms with Gasteiger partial charge in [0.2, 0.25) is 15.9 Å². The molecule has 0 heterocycles. The molecule has 1 rings (SSSR count). The number of nitrogens with two attached hydrogens (primary N) is 1. The van der Waals surface area contributed by atoms with E-state index in [2.05, 4.69) is 9.46 Å². The molecule has 0 saturated carbocycles. The summed E-state index contributed by atoms with van der Waals surface area (Å²) in [5.74, 6) is -1.61. The molecule has 116 valence electrons. The third-order valence-corrected chi connectivity index (χ3v) is 4.20. The molecule has 1 aromatic carbocycles. The minimum absolute atomic E-state index is 0.0167. The number of hydrogen-bond acceptors (Lipinski definition) is 5. The maximum atomic E-state index is 12.4. The van der Waals surface area contributed by atoms with E-state index >= 15 is 0 Å². The molecule has 8 heteroatoms. The Hall–Kier alpha value is -1.93. The van der Waals surface area contributed by atoms with Gasteiger partial charge in [-0.05, 0) is 39.0 Å². The lowest BCUT2D eigenvalue weighted by Crippen LogP contribution is -2.41. The Balaban J connectivity index is 3.53. The molecule has 7 nitrogen and oxygen atoms in total. The second kappa shape index (κ2) is 5.82. The van der Waals surface area contributed by atoms with Gasteiger partial charge < -0.3 is 10.5 Å². The smallest absolute Gasteiger partial charge is 0.339 e. The van der Waals surface area contributed by atoms with Crippen molar-refractivity contribution in [1.82, 2.24) is 4.72 Å². The maximum Gasteiger partial charge on any atom is 0.339 e. The van der Waals surface area contributed by atoms with Crippen molar-refractivity contribution in [3.05, 3.63) is 29.3 Å². The number of nitrogens with one attached hydrogen (secondary N) is 1. The molecule has 0 atom stereocenters. The number of hydrogen-bond donors (Lipinski definition) is 2. The van der Waals surface area contributed by atoms with E-state index in [9.17, 15) is 18.0 Å². The highest BCUT2D eigenvalue weighted by Gasteiger charge is 2.28. The predicted molar refractivity (Wildman–Crippen MR) is 76.4 cm³/mol. The normalized spacial score (nSPS) is 12.0. The van der Waals surface area contributed by atoms with Gasteiger partial charge in [0, 0.05) is 11.1 Å². The summed E-state index contributed by atoms with van der Waals surface area (Å²) < 4.78 is 31.8. The lowest BCUT2D eigenvalue weighted by Gasteiger charge is -2.21. The molecular formula is C13H18N2O5S. The quantitative estimate of drug-likeness (QED) is 0.792. The number of benzene rings is 1. The molecular weight excluding hydrogens is 296 g/mol. The van der Waals surface area contributed by atoms with Gasteiger partial charge >= 0.3 is 5.97 Å². The van der Waals surface area contributed by atoms with Crippen LogP contribution in [0.2, 0.25) is 0 Å². The Labute approximate surface area is 123 Å². The number of rotatable bonds is 4. The van der Waals surface area contributed by atoms with E-state index in [-0.39, 0.29) is 16.0 Å². The average molecular weight is 314 g/mol. The van der Waals surface area contributed by atoms with Crippen molar-refractivity contribution in [2.45, 2.75) is 31.2 Å². The second-order valence-electron chi connectivity index (χ2n) is 5.42. The van der Waals surface area contributed by atoms with Gasteiger partial charge in [0.25, 0.3) is 0 Å². The third-order valence-electron chi connectivity index (χ3n) is 2.40. The van der Waals surface area contributed by atoms with E-state index in [1.165, 1.54) is 12.1 Å². The fourth-order valence-corrected chi connectivity index (χ4v) is 3.27. The summed E-state index contributed by atoms with van der Waals surface area (Å²) in [7, 11) is -2.88. The molecule has 0 bridgehead atoms. The van der Waals surface area contributed by atoms with Crippen LogP contribution in [0.5, 0.6) is 0 Å². The molecule has 0 unspecified atom stereocenters. The first-order chi connectivity index (χ1) is 9.48. The minimum atomic E-state index is -4.02. The first kappa shape index (κ1) is 17.1. The van der Waals surface area contributed by atoms with E-state index in [0.717, 1.165) is 13.2 Å². The highest BCUT2D eigenvalue weighted by Crippen LogP contribution is 2.20. The Morgan fingerprint density at radius 1 is 1.24 bits per heavy atom. The van der Waals surface area contributed by atoms with E-state index in [1.54, 1.807) is 20.8 Å². The number of methoxy groups -OCH3 is 1. The van der Waals surface area contributed by atoms with Crippen LogP contribution in [0.3, 0.4) is 0 Å². The van der Waals surface area contributed by atoms with Crippen LogP contribution in [-0.2, 0) is 14.8 Å². The van der Waals surface area contributed by atoms with Crippen LogP contribution in [0.25, 0.3) is 0 Å². The number of carbonyl (C=O) groups is 2. The summed E-state index contributed by atoms with van der Waals surface area (Å²) in [4.78, 5) is 22.6. The van der Waals surface area contributed by atoms with Crippen molar-refractivity contribution in [3.8, 4) is 0 Å². The molecule has 21 heavy (non-hydrogen) atoms. The van der Waals surface area contributed by atoms with Gasteiger partial charge in [-0.15, -0.1) is 0 Å². The van der Waals surface area contributed by atoms with Gasteiger partial charge in [0.1, 0.15) is 0 Å².